The number of halogens is 2. The predicted octanol–water partition coefficient (Wildman–Crippen LogP) is 4.09. The lowest BCUT2D eigenvalue weighted by molar-refractivity contribution is 0.267. The third-order valence-electron chi connectivity index (χ3n) is 3.02. The molecule has 5 heteroatoms. The standard InChI is InChI=1S/C16H17BrFNO2/c1-2-21-16-6-4-14(8-12(16)10-20)19-9-11-7-13(18)3-5-15(11)17/h3-8,19-20H,2,9-10H2,1H3. The first-order valence-electron chi connectivity index (χ1n) is 6.68. The van der Waals surface area contributed by atoms with E-state index < -0.39 is 0 Å². The summed E-state index contributed by atoms with van der Waals surface area (Å²) in [6, 6.07) is 10.1. The molecule has 0 bridgehead atoms. The highest BCUT2D eigenvalue weighted by Crippen LogP contribution is 2.24. The van der Waals surface area contributed by atoms with Gasteiger partial charge in [0, 0.05) is 22.3 Å². The van der Waals surface area contributed by atoms with Crippen LogP contribution in [0.15, 0.2) is 40.9 Å². The second kappa shape index (κ2) is 7.43. The van der Waals surface area contributed by atoms with Crippen LogP contribution in [-0.4, -0.2) is 11.7 Å². The Morgan fingerprint density at radius 1 is 1.19 bits per heavy atom. The first-order chi connectivity index (χ1) is 10.1. The summed E-state index contributed by atoms with van der Waals surface area (Å²) in [6.45, 7) is 2.84. The summed E-state index contributed by atoms with van der Waals surface area (Å²) < 4.78 is 19.5. The lowest BCUT2D eigenvalue weighted by Crippen LogP contribution is -2.03. The van der Waals surface area contributed by atoms with Gasteiger partial charge >= 0.3 is 0 Å². The molecule has 0 atom stereocenters. The van der Waals surface area contributed by atoms with Crippen molar-refractivity contribution in [2.75, 3.05) is 11.9 Å². The van der Waals surface area contributed by atoms with Gasteiger partial charge in [-0.05, 0) is 48.9 Å². The zero-order valence-electron chi connectivity index (χ0n) is 11.7. The van der Waals surface area contributed by atoms with Crippen molar-refractivity contribution in [3.8, 4) is 5.75 Å². The minimum Gasteiger partial charge on any atom is -0.494 e. The number of ether oxygens (including phenoxy) is 1. The molecule has 0 heterocycles. The van der Waals surface area contributed by atoms with E-state index in [1.165, 1.54) is 12.1 Å². The van der Waals surface area contributed by atoms with Crippen molar-refractivity contribution in [1.82, 2.24) is 0 Å². The van der Waals surface area contributed by atoms with Gasteiger partial charge in [0.15, 0.2) is 0 Å². The Hall–Kier alpha value is -1.59. The second-order valence-electron chi connectivity index (χ2n) is 4.50. The van der Waals surface area contributed by atoms with E-state index in [4.69, 9.17) is 4.74 Å². The van der Waals surface area contributed by atoms with Crippen molar-refractivity contribution in [1.29, 1.82) is 0 Å². The maximum Gasteiger partial charge on any atom is 0.124 e. The molecule has 0 aliphatic heterocycles. The molecule has 21 heavy (non-hydrogen) atoms. The minimum atomic E-state index is -0.266. The average Bonchev–Trinajstić information content (AvgIpc) is 2.49. The van der Waals surface area contributed by atoms with Crippen molar-refractivity contribution < 1.29 is 14.2 Å². The van der Waals surface area contributed by atoms with Gasteiger partial charge in [0.25, 0.3) is 0 Å². The number of anilines is 1. The van der Waals surface area contributed by atoms with Crippen LogP contribution in [0.5, 0.6) is 5.75 Å². The third-order valence-corrected chi connectivity index (χ3v) is 3.80. The van der Waals surface area contributed by atoms with Crippen LogP contribution in [0.3, 0.4) is 0 Å². The Morgan fingerprint density at radius 3 is 2.71 bits per heavy atom. The monoisotopic (exact) mass is 353 g/mol. The van der Waals surface area contributed by atoms with E-state index in [9.17, 15) is 9.50 Å². The van der Waals surface area contributed by atoms with Crippen molar-refractivity contribution >= 4 is 21.6 Å². The largest absolute Gasteiger partial charge is 0.494 e. The molecule has 0 unspecified atom stereocenters. The summed E-state index contributed by atoms with van der Waals surface area (Å²) in [4.78, 5) is 0. The smallest absolute Gasteiger partial charge is 0.124 e. The first kappa shape index (κ1) is 15.8. The van der Waals surface area contributed by atoms with Crippen LogP contribution in [0.1, 0.15) is 18.1 Å². The van der Waals surface area contributed by atoms with Crippen LogP contribution >= 0.6 is 15.9 Å². The van der Waals surface area contributed by atoms with Crippen molar-refractivity contribution in [3.05, 3.63) is 57.8 Å². The second-order valence-corrected chi connectivity index (χ2v) is 5.36. The number of aliphatic hydroxyl groups is 1. The molecule has 0 aliphatic rings. The zero-order chi connectivity index (χ0) is 15.2. The lowest BCUT2D eigenvalue weighted by atomic mass is 10.1. The molecule has 0 saturated carbocycles. The van der Waals surface area contributed by atoms with E-state index >= 15 is 0 Å². The van der Waals surface area contributed by atoms with Crippen LogP contribution in [0, 0.1) is 5.82 Å². The van der Waals surface area contributed by atoms with Crippen LogP contribution in [0.4, 0.5) is 10.1 Å². The highest BCUT2D eigenvalue weighted by Gasteiger charge is 2.06. The number of hydrogen-bond acceptors (Lipinski definition) is 3. The molecule has 0 aromatic heterocycles. The van der Waals surface area contributed by atoms with Gasteiger partial charge in [0.1, 0.15) is 11.6 Å². The Kier molecular flexibility index (Phi) is 5.59. The molecule has 2 aromatic carbocycles. The molecule has 112 valence electrons. The topological polar surface area (TPSA) is 41.5 Å². The fourth-order valence-electron chi connectivity index (χ4n) is 1.99. The van der Waals surface area contributed by atoms with Crippen LogP contribution in [0.2, 0.25) is 0 Å². The van der Waals surface area contributed by atoms with Crippen LogP contribution in [-0.2, 0) is 13.2 Å². The molecular weight excluding hydrogens is 337 g/mol. The predicted molar refractivity (Wildman–Crippen MR) is 85.0 cm³/mol. The van der Waals surface area contributed by atoms with Crippen molar-refractivity contribution in [2.24, 2.45) is 0 Å². The van der Waals surface area contributed by atoms with Gasteiger partial charge < -0.3 is 15.2 Å². The SMILES string of the molecule is CCOc1ccc(NCc2cc(F)ccc2Br)cc1CO. The highest BCUT2D eigenvalue weighted by molar-refractivity contribution is 9.10. The van der Waals surface area contributed by atoms with Crippen LogP contribution in [0.25, 0.3) is 0 Å². The molecule has 2 rings (SSSR count). The molecule has 0 saturated heterocycles. The maximum absolute atomic E-state index is 13.2. The number of aliphatic hydroxyl groups excluding tert-OH is 1. The minimum absolute atomic E-state index is 0.0888. The van der Waals surface area contributed by atoms with Gasteiger partial charge in [0.2, 0.25) is 0 Å². The summed E-state index contributed by atoms with van der Waals surface area (Å²) in [5.41, 5.74) is 2.40. The Labute approximate surface area is 131 Å². The van der Waals surface area contributed by atoms with Gasteiger partial charge in [0.05, 0.1) is 13.2 Å². The van der Waals surface area contributed by atoms with E-state index in [0.717, 1.165) is 21.3 Å². The highest BCUT2D eigenvalue weighted by atomic mass is 79.9. The average molecular weight is 354 g/mol. The Morgan fingerprint density at radius 2 is 2.00 bits per heavy atom. The Balaban J connectivity index is 2.11. The summed E-state index contributed by atoms with van der Waals surface area (Å²) in [6.07, 6.45) is 0. The van der Waals surface area contributed by atoms with Crippen molar-refractivity contribution in [2.45, 2.75) is 20.1 Å². The molecule has 0 spiro atoms. The van der Waals surface area contributed by atoms with Crippen LogP contribution < -0.4 is 10.1 Å². The summed E-state index contributed by atoms with van der Waals surface area (Å²) in [7, 11) is 0. The fraction of sp³-hybridized carbons (Fsp3) is 0.250. The van der Waals surface area contributed by atoms with Gasteiger partial charge in [-0.3, -0.25) is 0 Å². The fourth-order valence-corrected chi connectivity index (χ4v) is 2.37. The summed E-state index contributed by atoms with van der Waals surface area (Å²) in [5, 5.41) is 12.6. The van der Waals surface area contributed by atoms with Gasteiger partial charge in [-0.1, -0.05) is 15.9 Å². The lowest BCUT2D eigenvalue weighted by Gasteiger charge is -2.12. The normalized spacial score (nSPS) is 10.5. The van der Waals surface area contributed by atoms with E-state index in [1.54, 1.807) is 6.07 Å². The molecule has 0 aliphatic carbocycles. The molecule has 0 amide bonds. The van der Waals surface area contributed by atoms with E-state index in [-0.39, 0.29) is 12.4 Å². The third kappa shape index (κ3) is 4.19. The number of benzene rings is 2. The van der Waals surface area contributed by atoms with Gasteiger partial charge in [-0.25, -0.2) is 4.39 Å². The van der Waals surface area contributed by atoms with Gasteiger partial charge in [-0.15, -0.1) is 0 Å². The first-order valence-corrected chi connectivity index (χ1v) is 7.47. The molecule has 0 radical (unpaired) electrons. The summed E-state index contributed by atoms with van der Waals surface area (Å²) in [5.74, 6) is 0.412. The Bertz CT molecular complexity index is 619. The molecular formula is C16H17BrFNO2. The quantitative estimate of drug-likeness (QED) is 0.821. The van der Waals surface area contributed by atoms with E-state index in [2.05, 4.69) is 21.2 Å². The number of hydrogen-bond donors (Lipinski definition) is 2. The van der Waals surface area contributed by atoms with E-state index in [0.29, 0.717) is 18.9 Å². The van der Waals surface area contributed by atoms with Crippen molar-refractivity contribution in [3.63, 3.8) is 0 Å². The molecule has 0 fully saturated rings. The number of nitrogens with one attached hydrogen (secondary N) is 1. The molecule has 3 nitrogen and oxygen atoms in total. The maximum atomic E-state index is 13.2. The number of rotatable bonds is 6. The summed E-state index contributed by atoms with van der Waals surface area (Å²) >= 11 is 3.40. The van der Waals surface area contributed by atoms with E-state index in [1.807, 2.05) is 25.1 Å². The van der Waals surface area contributed by atoms with Gasteiger partial charge in [-0.2, -0.15) is 0 Å². The zero-order valence-corrected chi connectivity index (χ0v) is 13.3. The molecule has 2 aromatic rings. The molecule has 2 N–H and O–H groups in total.